The van der Waals surface area contributed by atoms with Gasteiger partial charge in [0.05, 0.1) is 11.4 Å². The number of carbonyl (C=O) groups is 1. The van der Waals surface area contributed by atoms with Crippen molar-refractivity contribution in [1.82, 2.24) is 5.32 Å². The highest BCUT2D eigenvalue weighted by atomic mass is 35.5. The molecule has 0 radical (unpaired) electrons. The summed E-state index contributed by atoms with van der Waals surface area (Å²) in [6.45, 7) is 2.19. The molecule has 2 N–H and O–H groups in total. The summed E-state index contributed by atoms with van der Waals surface area (Å²) >= 11 is 0. The number of hydrogen-bond acceptors (Lipinski definition) is 3. The molecule has 1 amide bonds. The van der Waals surface area contributed by atoms with E-state index in [4.69, 9.17) is 0 Å². The average Bonchev–Trinajstić information content (AvgIpc) is 2.46. The monoisotopic (exact) mass is 347 g/mol. The molecule has 1 aromatic carbocycles. The lowest BCUT2D eigenvalue weighted by Crippen LogP contribution is -2.28. The molecule has 0 unspecified atom stereocenters. The maximum atomic E-state index is 12.1. The van der Waals surface area contributed by atoms with E-state index in [0.717, 1.165) is 30.9 Å². The van der Waals surface area contributed by atoms with Gasteiger partial charge in [0.15, 0.2) is 0 Å². The lowest BCUT2D eigenvalue weighted by molar-refractivity contribution is -0.116. The Labute approximate surface area is 145 Å². The Balaban J connectivity index is 0.00000220. The Hall–Kier alpha value is -0.970. The zero-order valence-electron chi connectivity index (χ0n) is 13.3. The van der Waals surface area contributed by atoms with Crippen molar-refractivity contribution in [3.63, 3.8) is 0 Å². The Morgan fingerprint density at radius 3 is 2.50 bits per heavy atom. The molecule has 0 atom stereocenters. The number of hydrogen-bond donors (Lipinski definition) is 2. The van der Waals surface area contributed by atoms with Crippen LogP contribution in [0.15, 0.2) is 24.3 Å². The normalized spacial score (nSPS) is 14.5. The summed E-state index contributed by atoms with van der Waals surface area (Å²) in [5.41, 5.74) is 1.94. The van der Waals surface area contributed by atoms with Gasteiger partial charge in [-0.15, -0.1) is 24.8 Å². The molecule has 22 heavy (non-hydrogen) atoms. The number of nitrogens with zero attached hydrogens (tertiary/aromatic N) is 1. The number of carbonyl (C=O) groups excluding carboxylic acids is 1. The standard InChI is InChI=1S/C16H25N3O.2ClH/c1-19(2)15-6-4-3-5-14(15)18-16(20)8-7-13-9-11-17-12-10-13;;/h3-6,13,17H,7-12H2,1-2H3,(H,18,20);2*1H. The first-order valence-corrected chi connectivity index (χ1v) is 7.43. The van der Waals surface area contributed by atoms with Crippen molar-refractivity contribution >= 4 is 42.1 Å². The highest BCUT2D eigenvalue weighted by molar-refractivity contribution is 5.94. The van der Waals surface area contributed by atoms with Crippen molar-refractivity contribution < 1.29 is 4.79 Å². The summed E-state index contributed by atoms with van der Waals surface area (Å²) in [6.07, 6.45) is 4.01. The minimum absolute atomic E-state index is 0. The average molecular weight is 348 g/mol. The van der Waals surface area contributed by atoms with Crippen LogP contribution in [0, 0.1) is 5.92 Å². The largest absolute Gasteiger partial charge is 0.376 e. The predicted molar refractivity (Wildman–Crippen MR) is 98.7 cm³/mol. The van der Waals surface area contributed by atoms with Crippen molar-refractivity contribution in [2.75, 3.05) is 37.4 Å². The number of nitrogens with one attached hydrogen (secondary N) is 2. The van der Waals surface area contributed by atoms with E-state index in [1.165, 1.54) is 12.8 Å². The third-order valence-corrected chi connectivity index (χ3v) is 3.90. The number of para-hydroxylation sites is 2. The third-order valence-electron chi connectivity index (χ3n) is 3.90. The van der Waals surface area contributed by atoms with Gasteiger partial charge in [-0.3, -0.25) is 4.79 Å². The van der Waals surface area contributed by atoms with Crippen molar-refractivity contribution in [3.05, 3.63) is 24.3 Å². The molecule has 6 heteroatoms. The molecule has 0 bridgehead atoms. The number of halogens is 2. The van der Waals surface area contributed by atoms with Gasteiger partial charge >= 0.3 is 0 Å². The first-order chi connectivity index (χ1) is 9.66. The zero-order valence-corrected chi connectivity index (χ0v) is 14.9. The van der Waals surface area contributed by atoms with E-state index in [1.54, 1.807) is 0 Å². The van der Waals surface area contributed by atoms with Crippen molar-refractivity contribution in [1.29, 1.82) is 0 Å². The lowest BCUT2D eigenvalue weighted by atomic mass is 9.93. The van der Waals surface area contributed by atoms with Crippen LogP contribution in [0.5, 0.6) is 0 Å². The second kappa shape index (κ2) is 10.7. The van der Waals surface area contributed by atoms with Gasteiger partial charge in [0.25, 0.3) is 0 Å². The van der Waals surface area contributed by atoms with Crippen molar-refractivity contribution in [2.45, 2.75) is 25.7 Å². The second-order valence-corrected chi connectivity index (χ2v) is 5.69. The van der Waals surface area contributed by atoms with Crippen LogP contribution in [0.4, 0.5) is 11.4 Å². The zero-order chi connectivity index (χ0) is 14.4. The minimum atomic E-state index is 0. The van der Waals surface area contributed by atoms with Gasteiger partial charge in [-0.25, -0.2) is 0 Å². The Kier molecular flexibility index (Phi) is 10.2. The van der Waals surface area contributed by atoms with Crippen LogP contribution in [0.2, 0.25) is 0 Å². The lowest BCUT2D eigenvalue weighted by Gasteiger charge is -2.22. The van der Waals surface area contributed by atoms with Crippen molar-refractivity contribution in [2.24, 2.45) is 5.92 Å². The highest BCUT2D eigenvalue weighted by Crippen LogP contribution is 2.24. The van der Waals surface area contributed by atoms with E-state index in [1.807, 2.05) is 43.3 Å². The quantitative estimate of drug-likeness (QED) is 0.858. The molecule has 0 aliphatic carbocycles. The van der Waals surface area contributed by atoms with Crippen LogP contribution in [0.25, 0.3) is 0 Å². The topological polar surface area (TPSA) is 44.4 Å². The second-order valence-electron chi connectivity index (χ2n) is 5.69. The van der Waals surface area contributed by atoms with Gasteiger partial charge in [0, 0.05) is 20.5 Å². The summed E-state index contributed by atoms with van der Waals surface area (Å²) in [4.78, 5) is 14.1. The fourth-order valence-electron chi connectivity index (χ4n) is 2.69. The van der Waals surface area contributed by atoms with E-state index >= 15 is 0 Å². The molecule has 1 fully saturated rings. The third kappa shape index (κ3) is 6.42. The summed E-state index contributed by atoms with van der Waals surface area (Å²) in [5.74, 6) is 0.823. The summed E-state index contributed by atoms with van der Waals surface area (Å²) in [5, 5.41) is 6.39. The van der Waals surface area contributed by atoms with Crippen LogP contribution >= 0.6 is 24.8 Å². The maximum Gasteiger partial charge on any atom is 0.224 e. The molecule has 1 aromatic rings. The molecular weight excluding hydrogens is 321 g/mol. The SMILES string of the molecule is CN(C)c1ccccc1NC(=O)CCC1CCNCC1.Cl.Cl. The van der Waals surface area contributed by atoms with Crippen LogP contribution in [-0.4, -0.2) is 33.1 Å². The van der Waals surface area contributed by atoms with Gasteiger partial charge in [-0.1, -0.05) is 12.1 Å². The van der Waals surface area contributed by atoms with E-state index in [0.29, 0.717) is 12.3 Å². The minimum Gasteiger partial charge on any atom is -0.376 e. The first kappa shape index (κ1) is 21.0. The van der Waals surface area contributed by atoms with Crippen LogP contribution < -0.4 is 15.5 Å². The molecule has 0 saturated carbocycles. The number of benzene rings is 1. The van der Waals surface area contributed by atoms with Crippen LogP contribution in [-0.2, 0) is 4.79 Å². The van der Waals surface area contributed by atoms with Gasteiger partial charge in [0.1, 0.15) is 0 Å². The van der Waals surface area contributed by atoms with Gasteiger partial charge in [-0.2, -0.15) is 0 Å². The summed E-state index contributed by atoms with van der Waals surface area (Å²) in [6, 6.07) is 7.91. The number of rotatable bonds is 5. The molecule has 1 saturated heterocycles. The number of amides is 1. The molecule has 0 aromatic heterocycles. The first-order valence-electron chi connectivity index (χ1n) is 7.43. The molecule has 0 spiro atoms. The molecule has 4 nitrogen and oxygen atoms in total. The fraction of sp³-hybridized carbons (Fsp3) is 0.562. The Morgan fingerprint density at radius 1 is 1.23 bits per heavy atom. The smallest absolute Gasteiger partial charge is 0.224 e. The Morgan fingerprint density at radius 2 is 1.86 bits per heavy atom. The molecular formula is C16H27Cl2N3O. The van der Waals surface area contributed by atoms with Crippen LogP contribution in [0.1, 0.15) is 25.7 Å². The number of anilines is 2. The predicted octanol–water partition coefficient (Wildman–Crippen LogP) is 3.31. The van der Waals surface area contributed by atoms with E-state index in [9.17, 15) is 4.79 Å². The molecule has 2 rings (SSSR count). The van der Waals surface area contributed by atoms with E-state index < -0.39 is 0 Å². The Bertz CT molecular complexity index is 449. The maximum absolute atomic E-state index is 12.1. The van der Waals surface area contributed by atoms with E-state index in [-0.39, 0.29) is 30.7 Å². The van der Waals surface area contributed by atoms with Gasteiger partial charge < -0.3 is 15.5 Å². The summed E-state index contributed by atoms with van der Waals surface area (Å²) in [7, 11) is 3.97. The summed E-state index contributed by atoms with van der Waals surface area (Å²) < 4.78 is 0. The highest BCUT2D eigenvalue weighted by Gasteiger charge is 2.15. The van der Waals surface area contributed by atoms with E-state index in [2.05, 4.69) is 10.6 Å². The molecule has 1 heterocycles. The molecule has 126 valence electrons. The number of piperidine rings is 1. The van der Waals surface area contributed by atoms with Crippen LogP contribution in [0.3, 0.4) is 0 Å². The van der Waals surface area contributed by atoms with Crippen molar-refractivity contribution in [3.8, 4) is 0 Å². The molecule has 1 aliphatic rings. The fourth-order valence-corrected chi connectivity index (χ4v) is 2.69. The molecule has 1 aliphatic heterocycles. The van der Waals surface area contributed by atoms with Gasteiger partial charge in [-0.05, 0) is 50.4 Å². The van der Waals surface area contributed by atoms with Gasteiger partial charge in [0.2, 0.25) is 5.91 Å².